The molecule has 3 N–H and O–H groups in total. The summed E-state index contributed by atoms with van der Waals surface area (Å²) in [5, 5.41) is 2.24. The van der Waals surface area contributed by atoms with Crippen molar-refractivity contribution in [2.24, 2.45) is 5.73 Å². The Bertz CT molecular complexity index is 564. The first-order valence-electron chi connectivity index (χ1n) is 6.85. The van der Waals surface area contributed by atoms with Crippen molar-refractivity contribution in [1.29, 1.82) is 0 Å². The van der Waals surface area contributed by atoms with E-state index in [9.17, 15) is 13.6 Å². The van der Waals surface area contributed by atoms with Crippen LogP contribution in [-0.4, -0.2) is 17.2 Å². The van der Waals surface area contributed by atoms with Gasteiger partial charge in [-0.2, -0.15) is 0 Å². The highest BCUT2D eigenvalue weighted by atomic mass is 19.2. The minimum absolute atomic E-state index is 0.233. The Morgan fingerprint density at radius 3 is 2.52 bits per heavy atom. The molecular formula is C15H20F2N2O2. The Hall–Kier alpha value is -1.69. The van der Waals surface area contributed by atoms with E-state index in [0.717, 1.165) is 18.9 Å². The number of nitrogens with two attached hydrogens (primary N) is 1. The predicted octanol–water partition coefficient (Wildman–Crippen LogP) is 3.35. The van der Waals surface area contributed by atoms with Gasteiger partial charge in [-0.15, -0.1) is 0 Å². The van der Waals surface area contributed by atoms with Crippen LogP contribution in [0, 0.1) is 11.6 Å². The lowest BCUT2D eigenvalue weighted by Crippen LogP contribution is -2.28. The fraction of sp³-hybridized carbons (Fsp3) is 0.533. The fourth-order valence-electron chi connectivity index (χ4n) is 2.00. The van der Waals surface area contributed by atoms with Crippen LogP contribution in [0.25, 0.3) is 0 Å². The molecular weight excluding hydrogens is 278 g/mol. The fourth-order valence-corrected chi connectivity index (χ4v) is 2.00. The maximum absolute atomic E-state index is 13.7. The van der Waals surface area contributed by atoms with Gasteiger partial charge in [0.05, 0.1) is 5.69 Å². The molecule has 21 heavy (non-hydrogen) atoms. The second kappa shape index (κ2) is 5.26. The van der Waals surface area contributed by atoms with Crippen LogP contribution in [0.4, 0.5) is 19.3 Å². The average molecular weight is 298 g/mol. The molecule has 0 radical (unpaired) electrons. The molecule has 0 bridgehead atoms. The van der Waals surface area contributed by atoms with Gasteiger partial charge in [-0.05, 0) is 57.7 Å². The maximum Gasteiger partial charge on any atom is 0.412 e. The molecule has 0 saturated heterocycles. The van der Waals surface area contributed by atoms with Gasteiger partial charge in [0.25, 0.3) is 0 Å². The third-order valence-electron chi connectivity index (χ3n) is 3.17. The number of amides is 1. The van der Waals surface area contributed by atoms with E-state index in [-0.39, 0.29) is 11.2 Å². The first-order chi connectivity index (χ1) is 9.58. The molecule has 2 rings (SSSR count). The largest absolute Gasteiger partial charge is 0.444 e. The lowest BCUT2D eigenvalue weighted by molar-refractivity contribution is 0.0635. The molecule has 1 amide bonds. The van der Waals surface area contributed by atoms with Crippen LogP contribution in [0.3, 0.4) is 0 Å². The number of hydrogen-bond acceptors (Lipinski definition) is 3. The zero-order chi connectivity index (χ0) is 15.8. The van der Waals surface area contributed by atoms with Gasteiger partial charge in [-0.1, -0.05) is 0 Å². The summed E-state index contributed by atoms with van der Waals surface area (Å²) in [4.78, 5) is 11.7. The molecule has 1 aliphatic rings. The summed E-state index contributed by atoms with van der Waals surface area (Å²) in [7, 11) is 0. The summed E-state index contributed by atoms with van der Waals surface area (Å²) in [6.07, 6.45) is 1.35. The quantitative estimate of drug-likeness (QED) is 0.899. The van der Waals surface area contributed by atoms with Gasteiger partial charge in [-0.25, -0.2) is 13.6 Å². The monoisotopic (exact) mass is 298 g/mol. The van der Waals surface area contributed by atoms with Crippen LogP contribution < -0.4 is 11.1 Å². The van der Waals surface area contributed by atoms with Crippen molar-refractivity contribution in [3.8, 4) is 0 Å². The van der Waals surface area contributed by atoms with Crippen LogP contribution in [0.2, 0.25) is 0 Å². The molecule has 0 spiro atoms. The second-order valence-corrected chi connectivity index (χ2v) is 6.61. The number of ether oxygens (including phenoxy) is 1. The number of hydrogen-bond donors (Lipinski definition) is 2. The van der Waals surface area contributed by atoms with Crippen molar-refractivity contribution >= 4 is 11.8 Å². The zero-order valence-electron chi connectivity index (χ0n) is 12.4. The summed E-state index contributed by atoms with van der Waals surface area (Å²) in [6, 6.07) is 2.51. The van der Waals surface area contributed by atoms with Gasteiger partial charge in [-0.3, -0.25) is 5.32 Å². The van der Waals surface area contributed by atoms with E-state index in [1.165, 1.54) is 6.07 Å². The third kappa shape index (κ3) is 4.39. The van der Waals surface area contributed by atoms with Gasteiger partial charge in [0.1, 0.15) is 5.60 Å². The zero-order valence-corrected chi connectivity index (χ0v) is 12.4. The number of carbonyl (C=O) groups is 1. The van der Waals surface area contributed by atoms with E-state index >= 15 is 0 Å². The molecule has 1 aromatic carbocycles. The molecule has 0 unspecified atom stereocenters. The molecule has 6 heteroatoms. The highest BCUT2D eigenvalue weighted by Crippen LogP contribution is 2.36. The standard InChI is InChI=1S/C15H20F2N2O2/c1-14(2,3)21-13(20)19-11-7-9(6-10(16)12(11)17)8-15(18)4-5-15/h6-7H,4-5,8,18H2,1-3H3,(H,19,20). The Balaban J connectivity index is 2.16. The lowest BCUT2D eigenvalue weighted by atomic mass is 10.0. The van der Waals surface area contributed by atoms with Crippen molar-refractivity contribution < 1.29 is 18.3 Å². The first kappa shape index (κ1) is 15.7. The molecule has 0 aromatic heterocycles. The summed E-state index contributed by atoms with van der Waals surface area (Å²) in [5.41, 5.74) is 5.25. The molecule has 1 fully saturated rings. The van der Waals surface area contributed by atoms with Gasteiger partial charge in [0, 0.05) is 5.54 Å². The van der Waals surface area contributed by atoms with Crippen LogP contribution >= 0.6 is 0 Å². The Kier molecular flexibility index (Phi) is 3.93. The van der Waals surface area contributed by atoms with E-state index < -0.39 is 23.3 Å². The molecule has 0 heterocycles. The number of rotatable bonds is 3. The summed E-state index contributed by atoms with van der Waals surface area (Å²) in [5.74, 6) is -2.12. The minimum atomic E-state index is -1.11. The molecule has 1 saturated carbocycles. The van der Waals surface area contributed by atoms with Gasteiger partial charge in [0.2, 0.25) is 0 Å². The molecule has 1 aliphatic carbocycles. The van der Waals surface area contributed by atoms with Crippen LogP contribution in [0.15, 0.2) is 12.1 Å². The molecule has 4 nitrogen and oxygen atoms in total. The highest BCUT2D eigenvalue weighted by molar-refractivity contribution is 5.85. The van der Waals surface area contributed by atoms with E-state index in [1.54, 1.807) is 20.8 Å². The number of anilines is 1. The van der Waals surface area contributed by atoms with Gasteiger partial charge < -0.3 is 10.5 Å². The van der Waals surface area contributed by atoms with E-state index in [4.69, 9.17) is 10.5 Å². The number of carbonyl (C=O) groups excluding carboxylic acids is 1. The highest BCUT2D eigenvalue weighted by Gasteiger charge is 2.38. The Labute approximate surface area is 122 Å². The lowest BCUT2D eigenvalue weighted by Gasteiger charge is -2.20. The molecule has 0 atom stereocenters. The maximum atomic E-state index is 13.7. The van der Waals surface area contributed by atoms with Crippen molar-refractivity contribution in [2.45, 2.75) is 51.2 Å². The normalized spacial score (nSPS) is 16.5. The third-order valence-corrected chi connectivity index (χ3v) is 3.17. The van der Waals surface area contributed by atoms with Crippen molar-refractivity contribution in [1.82, 2.24) is 0 Å². The van der Waals surface area contributed by atoms with Crippen LogP contribution in [0.1, 0.15) is 39.2 Å². The van der Waals surface area contributed by atoms with Crippen molar-refractivity contribution in [2.75, 3.05) is 5.32 Å². The van der Waals surface area contributed by atoms with Crippen molar-refractivity contribution in [3.63, 3.8) is 0 Å². The molecule has 1 aromatic rings. The second-order valence-electron chi connectivity index (χ2n) is 6.61. The number of benzene rings is 1. The van der Waals surface area contributed by atoms with E-state index in [1.807, 2.05) is 0 Å². The molecule has 0 aliphatic heterocycles. The topological polar surface area (TPSA) is 64.3 Å². The van der Waals surface area contributed by atoms with Crippen LogP contribution in [-0.2, 0) is 11.2 Å². The predicted molar refractivity (Wildman–Crippen MR) is 76.1 cm³/mol. The Morgan fingerprint density at radius 1 is 1.38 bits per heavy atom. The summed E-state index contributed by atoms with van der Waals surface area (Å²) >= 11 is 0. The van der Waals surface area contributed by atoms with Gasteiger partial charge in [0.15, 0.2) is 11.6 Å². The van der Waals surface area contributed by atoms with Crippen LogP contribution in [0.5, 0.6) is 0 Å². The summed E-state index contributed by atoms with van der Waals surface area (Å²) in [6.45, 7) is 5.06. The Morgan fingerprint density at radius 2 is 2.00 bits per heavy atom. The minimum Gasteiger partial charge on any atom is -0.444 e. The molecule has 116 valence electrons. The average Bonchev–Trinajstić information content (AvgIpc) is 3.00. The number of nitrogens with one attached hydrogen (secondary N) is 1. The van der Waals surface area contributed by atoms with Crippen molar-refractivity contribution in [3.05, 3.63) is 29.3 Å². The first-order valence-corrected chi connectivity index (χ1v) is 6.85. The summed E-state index contributed by atoms with van der Waals surface area (Å²) < 4.78 is 32.4. The van der Waals surface area contributed by atoms with Gasteiger partial charge >= 0.3 is 6.09 Å². The van der Waals surface area contributed by atoms with E-state index in [0.29, 0.717) is 12.0 Å². The van der Waals surface area contributed by atoms with E-state index in [2.05, 4.69) is 5.32 Å². The SMILES string of the molecule is CC(C)(C)OC(=O)Nc1cc(CC2(N)CC2)cc(F)c1F. The number of halogens is 2. The smallest absolute Gasteiger partial charge is 0.412 e.